The van der Waals surface area contributed by atoms with Crippen LogP contribution in [0.15, 0.2) is 53.3 Å². The number of hydrogen-bond acceptors (Lipinski definition) is 6. The Hall–Kier alpha value is -3.49. The maximum Gasteiger partial charge on any atom is 0.250 e. The van der Waals surface area contributed by atoms with Crippen molar-refractivity contribution < 1.29 is 14.1 Å². The van der Waals surface area contributed by atoms with Crippen LogP contribution in [0.1, 0.15) is 17.9 Å². The summed E-state index contributed by atoms with van der Waals surface area (Å²) >= 11 is 6.18. The van der Waals surface area contributed by atoms with E-state index < -0.39 is 0 Å². The Morgan fingerprint density at radius 3 is 2.82 bits per heavy atom. The molecule has 1 saturated heterocycles. The molecule has 1 aliphatic rings. The van der Waals surface area contributed by atoms with Crippen molar-refractivity contribution in [3.8, 4) is 11.4 Å². The third-order valence-electron chi connectivity index (χ3n) is 5.56. The third-order valence-corrected chi connectivity index (χ3v) is 5.91. The first kappa shape index (κ1) is 21.4. The lowest BCUT2D eigenvalue weighted by Gasteiger charge is -2.26. The van der Waals surface area contributed by atoms with E-state index in [0.717, 1.165) is 22.2 Å². The minimum atomic E-state index is 0.140. The molecule has 2 aromatic carbocycles. The Labute approximate surface area is 195 Å². The second-order valence-corrected chi connectivity index (χ2v) is 8.10. The van der Waals surface area contributed by atoms with Gasteiger partial charge in [-0.1, -0.05) is 35.0 Å². The molecule has 4 aromatic rings. The zero-order valence-electron chi connectivity index (χ0n) is 17.9. The van der Waals surface area contributed by atoms with E-state index in [0.29, 0.717) is 56.0 Å². The number of fused-ring (bicyclic) bond motifs is 1. The number of carbonyl (C=O) groups is 1. The molecule has 2 aromatic heterocycles. The lowest BCUT2D eigenvalue weighted by molar-refractivity contribution is -0.135. The van der Waals surface area contributed by atoms with Crippen molar-refractivity contribution in [2.45, 2.75) is 13.0 Å². The largest absolute Gasteiger partial charge is 0.378 e. The number of hydrogen-bond donors (Lipinski definition) is 0. The molecule has 33 heavy (non-hydrogen) atoms. The van der Waals surface area contributed by atoms with Crippen LogP contribution in [-0.4, -0.2) is 56.8 Å². The van der Waals surface area contributed by atoms with E-state index in [1.54, 1.807) is 12.4 Å². The number of morpholine rings is 1. The van der Waals surface area contributed by atoms with Crippen LogP contribution in [0.4, 0.5) is 0 Å². The second-order valence-electron chi connectivity index (χ2n) is 7.70. The predicted octanol–water partition coefficient (Wildman–Crippen LogP) is 4.16. The van der Waals surface area contributed by atoms with Crippen LogP contribution in [0, 0.1) is 0 Å². The van der Waals surface area contributed by atoms with Gasteiger partial charge in [0.1, 0.15) is 0 Å². The van der Waals surface area contributed by atoms with Gasteiger partial charge in [-0.2, -0.15) is 4.98 Å². The second kappa shape index (κ2) is 9.56. The van der Waals surface area contributed by atoms with Gasteiger partial charge >= 0.3 is 0 Å². The topological polar surface area (TPSA) is 86.3 Å². The summed E-state index contributed by atoms with van der Waals surface area (Å²) in [6.07, 6.45) is 5.76. The summed E-state index contributed by atoms with van der Waals surface area (Å²) in [6, 6.07) is 13.3. The van der Waals surface area contributed by atoms with Gasteiger partial charge in [0, 0.05) is 42.7 Å². The van der Waals surface area contributed by atoms with E-state index >= 15 is 0 Å². The van der Waals surface area contributed by atoms with Gasteiger partial charge in [0.15, 0.2) is 0 Å². The zero-order chi connectivity index (χ0) is 22.6. The molecule has 0 bridgehead atoms. The Bertz CT molecular complexity index is 1310. The van der Waals surface area contributed by atoms with Crippen molar-refractivity contribution in [3.63, 3.8) is 0 Å². The first-order valence-corrected chi connectivity index (χ1v) is 11.1. The fourth-order valence-corrected chi connectivity index (χ4v) is 3.96. The quantitative estimate of drug-likeness (QED) is 0.427. The fraction of sp³-hybridized carbons (Fsp3) is 0.250. The number of ether oxygens (including phenoxy) is 1. The van der Waals surface area contributed by atoms with E-state index in [2.05, 4.69) is 15.1 Å². The number of nitrogens with zero attached hydrogens (tertiary/aromatic N) is 5. The third kappa shape index (κ3) is 4.81. The molecule has 0 atom stereocenters. The van der Waals surface area contributed by atoms with Gasteiger partial charge in [0.05, 0.1) is 30.6 Å². The molecule has 1 aliphatic heterocycles. The highest BCUT2D eigenvalue weighted by Crippen LogP contribution is 2.23. The first-order valence-electron chi connectivity index (χ1n) is 10.7. The van der Waals surface area contributed by atoms with Crippen LogP contribution < -0.4 is 0 Å². The predicted molar refractivity (Wildman–Crippen MR) is 125 cm³/mol. The van der Waals surface area contributed by atoms with Crippen molar-refractivity contribution in [2.24, 2.45) is 0 Å². The van der Waals surface area contributed by atoms with Crippen molar-refractivity contribution in [2.75, 3.05) is 26.3 Å². The highest BCUT2D eigenvalue weighted by atomic mass is 35.5. The van der Waals surface area contributed by atoms with Gasteiger partial charge in [-0.05, 0) is 35.9 Å². The molecule has 0 N–H and O–H groups in total. The van der Waals surface area contributed by atoms with E-state index in [-0.39, 0.29) is 5.91 Å². The van der Waals surface area contributed by atoms with Gasteiger partial charge in [0.2, 0.25) is 11.7 Å². The Morgan fingerprint density at radius 2 is 1.97 bits per heavy atom. The zero-order valence-corrected chi connectivity index (χ0v) is 18.6. The molecular formula is C24H22ClN5O3. The summed E-state index contributed by atoms with van der Waals surface area (Å²) in [5.74, 6) is 1.01. The smallest absolute Gasteiger partial charge is 0.250 e. The number of amides is 1. The van der Waals surface area contributed by atoms with Crippen LogP contribution in [0.2, 0.25) is 5.02 Å². The maximum absolute atomic E-state index is 12.4. The number of aryl methyl sites for hydroxylation is 1. The van der Waals surface area contributed by atoms with Crippen LogP contribution >= 0.6 is 11.6 Å². The van der Waals surface area contributed by atoms with Crippen molar-refractivity contribution in [1.82, 2.24) is 24.6 Å². The highest BCUT2D eigenvalue weighted by molar-refractivity contribution is 6.32. The molecule has 1 amide bonds. The van der Waals surface area contributed by atoms with Gasteiger partial charge < -0.3 is 18.7 Å². The Balaban J connectivity index is 1.28. The van der Waals surface area contributed by atoms with E-state index in [1.165, 1.54) is 0 Å². The molecule has 8 nitrogen and oxygen atoms in total. The average Bonchev–Trinajstić information content (AvgIpc) is 3.49. The van der Waals surface area contributed by atoms with Crippen molar-refractivity contribution in [1.29, 1.82) is 0 Å². The number of carbonyl (C=O) groups excluding carboxylic acids is 1. The molecule has 0 aliphatic carbocycles. The van der Waals surface area contributed by atoms with Crippen molar-refractivity contribution >= 4 is 40.7 Å². The number of benzene rings is 2. The number of aromatic nitrogens is 4. The summed E-state index contributed by atoms with van der Waals surface area (Å²) in [5, 5.41) is 4.73. The van der Waals surface area contributed by atoms with Crippen LogP contribution in [0.5, 0.6) is 0 Å². The first-order chi connectivity index (χ1) is 16.2. The molecule has 9 heteroatoms. The van der Waals surface area contributed by atoms with Crippen LogP contribution in [-0.2, 0) is 16.1 Å². The number of rotatable bonds is 6. The summed E-state index contributed by atoms with van der Waals surface area (Å²) in [7, 11) is 0. The van der Waals surface area contributed by atoms with Crippen LogP contribution in [0.3, 0.4) is 0 Å². The highest BCUT2D eigenvalue weighted by Gasteiger charge is 2.17. The molecule has 0 saturated carbocycles. The summed E-state index contributed by atoms with van der Waals surface area (Å²) < 4.78 is 12.7. The van der Waals surface area contributed by atoms with Gasteiger partial charge in [0.25, 0.3) is 5.89 Å². The van der Waals surface area contributed by atoms with Gasteiger partial charge in [-0.25, -0.2) is 4.98 Å². The molecule has 3 heterocycles. The number of halogens is 1. The lowest BCUT2D eigenvalue weighted by atomic mass is 10.2. The Kier molecular flexibility index (Phi) is 6.19. The summed E-state index contributed by atoms with van der Waals surface area (Å²) in [6.45, 7) is 3.11. The fourth-order valence-electron chi connectivity index (χ4n) is 3.76. The van der Waals surface area contributed by atoms with Gasteiger partial charge in [-0.3, -0.25) is 4.79 Å². The Morgan fingerprint density at radius 1 is 1.12 bits per heavy atom. The van der Waals surface area contributed by atoms with E-state index in [1.807, 2.05) is 58.0 Å². The summed E-state index contributed by atoms with van der Waals surface area (Å²) in [5.41, 5.74) is 3.44. The SMILES string of the molecule is O=C(CCn1cnc2cc(-c3noc(/C=C/c4ccccc4Cl)n3)ccc21)N1CCOCC1. The van der Waals surface area contributed by atoms with Gasteiger partial charge in [-0.15, -0.1) is 0 Å². The molecular weight excluding hydrogens is 442 g/mol. The standard InChI is InChI=1S/C24H22ClN5O3/c25-19-4-2-1-3-17(19)6-8-22-27-24(28-33-22)18-5-7-21-20(15-18)26-16-30(21)10-9-23(31)29-11-13-32-14-12-29/h1-8,15-16H,9-14H2/b8-6+. The monoisotopic (exact) mass is 463 g/mol. The van der Waals surface area contributed by atoms with E-state index in [9.17, 15) is 4.79 Å². The minimum Gasteiger partial charge on any atom is -0.378 e. The van der Waals surface area contributed by atoms with E-state index in [4.69, 9.17) is 20.9 Å². The van der Waals surface area contributed by atoms with Crippen LogP contribution in [0.25, 0.3) is 34.6 Å². The molecule has 0 radical (unpaired) electrons. The minimum absolute atomic E-state index is 0.140. The molecule has 5 rings (SSSR count). The summed E-state index contributed by atoms with van der Waals surface area (Å²) in [4.78, 5) is 23.2. The molecule has 1 fully saturated rings. The lowest BCUT2D eigenvalue weighted by Crippen LogP contribution is -2.40. The molecule has 0 spiro atoms. The number of imidazole rings is 1. The average molecular weight is 464 g/mol. The van der Waals surface area contributed by atoms with Crippen molar-refractivity contribution in [3.05, 3.63) is 65.3 Å². The molecule has 0 unspecified atom stereocenters. The normalized spacial score (nSPS) is 14.4. The molecule has 168 valence electrons. The maximum atomic E-state index is 12.4.